The number of furan rings is 1. The molecule has 1 amide bonds. The van der Waals surface area contributed by atoms with E-state index < -0.39 is 15.9 Å². The molecule has 7 heteroatoms. The highest BCUT2D eigenvalue weighted by molar-refractivity contribution is 7.92. The number of hydrogen-bond acceptors (Lipinski definition) is 4. The highest BCUT2D eigenvalue weighted by atomic mass is 32.2. The second-order valence-electron chi connectivity index (χ2n) is 4.18. The van der Waals surface area contributed by atoms with Gasteiger partial charge in [0, 0.05) is 7.05 Å². The molecule has 2 aromatic rings. The number of sulfonamides is 1. The molecule has 0 atom stereocenters. The van der Waals surface area contributed by atoms with Gasteiger partial charge in [-0.2, -0.15) is 0 Å². The molecule has 1 N–H and O–H groups in total. The third-order valence-corrected chi connectivity index (χ3v) is 3.93. The van der Waals surface area contributed by atoms with Crippen LogP contribution in [0.3, 0.4) is 0 Å². The van der Waals surface area contributed by atoms with Crippen LogP contribution in [-0.4, -0.2) is 27.6 Å². The third kappa shape index (κ3) is 3.00. The molecule has 0 fully saturated rings. The predicted octanol–water partition coefficient (Wildman–Crippen LogP) is 1.93. The lowest BCUT2D eigenvalue weighted by molar-refractivity contribution is 0.0996. The van der Waals surface area contributed by atoms with Gasteiger partial charge in [-0.15, -0.1) is 0 Å². The third-order valence-electron chi connectivity index (χ3n) is 2.73. The molecule has 0 radical (unpaired) electrons. The number of anilines is 2. The molecule has 0 saturated carbocycles. The normalized spacial score (nSPS) is 11.1. The quantitative estimate of drug-likeness (QED) is 0.934. The number of nitrogens with one attached hydrogen (secondary N) is 1. The lowest BCUT2D eigenvalue weighted by Gasteiger charge is -2.20. The summed E-state index contributed by atoms with van der Waals surface area (Å²) in [4.78, 5) is 11.9. The molecule has 1 aromatic carbocycles. The van der Waals surface area contributed by atoms with E-state index in [4.69, 9.17) is 4.42 Å². The number of hydrogen-bond donors (Lipinski definition) is 1. The molecule has 0 aliphatic heterocycles. The Hall–Kier alpha value is -2.28. The SMILES string of the molecule is CN(c1ccccc1NC(=O)c1ccco1)S(C)(=O)=O. The first kappa shape index (κ1) is 14.1. The summed E-state index contributed by atoms with van der Waals surface area (Å²) in [6.45, 7) is 0. The zero-order chi connectivity index (χ0) is 14.8. The van der Waals surface area contributed by atoms with Gasteiger partial charge in [0.2, 0.25) is 10.0 Å². The lowest BCUT2D eigenvalue weighted by Crippen LogP contribution is -2.26. The molecule has 0 unspecified atom stereocenters. The number of carbonyl (C=O) groups is 1. The topological polar surface area (TPSA) is 79.6 Å². The summed E-state index contributed by atoms with van der Waals surface area (Å²) in [5.41, 5.74) is 0.775. The maximum atomic E-state index is 11.9. The van der Waals surface area contributed by atoms with Crippen LogP contribution in [0.1, 0.15) is 10.6 Å². The number of para-hydroxylation sites is 2. The fourth-order valence-electron chi connectivity index (χ4n) is 1.62. The van der Waals surface area contributed by atoms with Crippen LogP contribution in [0.4, 0.5) is 11.4 Å². The van der Waals surface area contributed by atoms with Crippen molar-refractivity contribution in [3.05, 3.63) is 48.4 Å². The van der Waals surface area contributed by atoms with Crippen molar-refractivity contribution < 1.29 is 17.6 Å². The first-order chi connectivity index (χ1) is 9.39. The molecule has 1 heterocycles. The zero-order valence-electron chi connectivity index (χ0n) is 11.0. The summed E-state index contributed by atoms with van der Waals surface area (Å²) < 4.78 is 29.3. The summed E-state index contributed by atoms with van der Waals surface area (Å²) in [7, 11) is -1.99. The van der Waals surface area contributed by atoms with Crippen molar-refractivity contribution >= 4 is 27.3 Å². The van der Waals surface area contributed by atoms with Crippen LogP contribution in [0, 0.1) is 0 Å². The number of rotatable bonds is 4. The van der Waals surface area contributed by atoms with E-state index in [1.54, 1.807) is 30.3 Å². The maximum absolute atomic E-state index is 11.9. The maximum Gasteiger partial charge on any atom is 0.291 e. The molecule has 0 bridgehead atoms. The minimum absolute atomic E-state index is 0.154. The van der Waals surface area contributed by atoms with Gasteiger partial charge in [-0.1, -0.05) is 12.1 Å². The van der Waals surface area contributed by atoms with Crippen molar-refractivity contribution in [3.8, 4) is 0 Å². The van der Waals surface area contributed by atoms with Gasteiger partial charge in [-0.3, -0.25) is 9.10 Å². The molecule has 0 aliphatic carbocycles. The number of benzene rings is 1. The van der Waals surface area contributed by atoms with Crippen LogP contribution >= 0.6 is 0 Å². The van der Waals surface area contributed by atoms with E-state index in [0.29, 0.717) is 11.4 Å². The molecule has 20 heavy (non-hydrogen) atoms. The average Bonchev–Trinajstić information content (AvgIpc) is 2.91. The summed E-state index contributed by atoms with van der Waals surface area (Å²) in [6.07, 6.45) is 2.49. The van der Waals surface area contributed by atoms with E-state index >= 15 is 0 Å². The number of carbonyl (C=O) groups excluding carboxylic acids is 1. The molecule has 2 rings (SSSR count). The first-order valence-electron chi connectivity index (χ1n) is 5.77. The Kier molecular flexibility index (Phi) is 3.80. The van der Waals surface area contributed by atoms with Gasteiger partial charge >= 0.3 is 0 Å². The summed E-state index contributed by atoms with van der Waals surface area (Å²) in [5, 5.41) is 2.63. The molecule has 0 aliphatic rings. The fraction of sp³-hybridized carbons (Fsp3) is 0.154. The molecular formula is C13H14N2O4S. The molecule has 6 nitrogen and oxygen atoms in total. The summed E-state index contributed by atoms with van der Waals surface area (Å²) in [6, 6.07) is 9.76. The predicted molar refractivity (Wildman–Crippen MR) is 76.4 cm³/mol. The fourth-order valence-corrected chi connectivity index (χ4v) is 2.14. The van der Waals surface area contributed by atoms with Gasteiger partial charge in [0.1, 0.15) is 0 Å². The highest BCUT2D eigenvalue weighted by Gasteiger charge is 2.17. The van der Waals surface area contributed by atoms with Gasteiger partial charge in [0.05, 0.1) is 23.9 Å². The molecule has 1 aromatic heterocycles. The van der Waals surface area contributed by atoms with Crippen molar-refractivity contribution in [1.29, 1.82) is 0 Å². The Morgan fingerprint density at radius 3 is 2.50 bits per heavy atom. The molecular weight excluding hydrogens is 280 g/mol. The number of nitrogens with zero attached hydrogens (tertiary/aromatic N) is 1. The van der Waals surface area contributed by atoms with Gasteiger partial charge < -0.3 is 9.73 Å². The van der Waals surface area contributed by atoms with E-state index in [-0.39, 0.29) is 5.76 Å². The Balaban J connectivity index is 2.32. The lowest BCUT2D eigenvalue weighted by atomic mass is 10.2. The van der Waals surface area contributed by atoms with Crippen molar-refractivity contribution in [2.24, 2.45) is 0 Å². The van der Waals surface area contributed by atoms with Gasteiger partial charge in [-0.05, 0) is 24.3 Å². The Morgan fingerprint density at radius 1 is 1.20 bits per heavy atom. The van der Waals surface area contributed by atoms with Gasteiger partial charge in [0.25, 0.3) is 5.91 Å². The van der Waals surface area contributed by atoms with Crippen LogP contribution in [0.5, 0.6) is 0 Å². The van der Waals surface area contributed by atoms with Crippen molar-refractivity contribution in [2.75, 3.05) is 22.9 Å². The highest BCUT2D eigenvalue weighted by Crippen LogP contribution is 2.26. The van der Waals surface area contributed by atoms with Crippen LogP contribution in [0.15, 0.2) is 47.1 Å². The molecule has 106 valence electrons. The van der Waals surface area contributed by atoms with E-state index in [2.05, 4.69) is 5.32 Å². The van der Waals surface area contributed by atoms with Crippen LogP contribution < -0.4 is 9.62 Å². The smallest absolute Gasteiger partial charge is 0.291 e. The monoisotopic (exact) mass is 294 g/mol. The Bertz CT molecular complexity index is 708. The van der Waals surface area contributed by atoms with E-state index in [1.807, 2.05) is 0 Å². The van der Waals surface area contributed by atoms with Gasteiger partial charge in [0.15, 0.2) is 5.76 Å². The van der Waals surface area contributed by atoms with Crippen molar-refractivity contribution in [2.45, 2.75) is 0 Å². The van der Waals surface area contributed by atoms with Crippen LogP contribution in [-0.2, 0) is 10.0 Å². The summed E-state index contributed by atoms with van der Waals surface area (Å²) >= 11 is 0. The molecule has 0 saturated heterocycles. The van der Waals surface area contributed by atoms with Crippen LogP contribution in [0.25, 0.3) is 0 Å². The van der Waals surface area contributed by atoms with Crippen molar-refractivity contribution in [3.63, 3.8) is 0 Å². The van der Waals surface area contributed by atoms with Crippen molar-refractivity contribution in [1.82, 2.24) is 0 Å². The van der Waals surface area contributed by atoms with E-state index in [0.717, 1.165) is 10.6 Å². The largest absolute Gasteiger partial charge is 0.459 e. The minimum atomic E-state index is -3.41. The number of amides is 1. The minimum Gasteiger partial charge on any atom is -0.459 e. The van der Waals surface area contributed by atoms with E-state index in [9.17, 15) is 13.2 Å². The Morgan fingerprint density at radius 2 is 1.90 bits per heavy atom. The van der Waals surface area contributed by atoms with E-state index in [1.165, 1.54) is 19.4 Å². The first-order valence-corrected chi connectivity index (χ1v) is 7.62. The Labute approximate surface area is 117 Å². The summed E-state index contributed by atoms with van der Waals surface area (Å²) in [5.74, 6) is -0.286. The molecule has 0 spiro atoms. The van der Waals surface area contributed by atoms with Crippen LogP contribution in [0.2, 0.25) is 0 Å². The second kappa shape index (κ2) is 5.38. The van der Waals surface area contributed by atoms with Gasteiger partial charge in [-0.25, -0.2) is 8.42 Å². The average molecular weight is 294 g/mol. The standard InChI is InChI=1S/C13H14N2O4S/c1-15(20(2,17)18)11-7-4-3-6-10(11)14-13(16)12-8-5-9-19-12/h3-9H,1-2H3,(H,14,16). The zero-order valence-corrected chi connectivity index (χ0v) is 11.8. The second-order valence-corrected chi connectivity index (χ2v) is 6.19.